The topological polar surface area (TPSA) is 77.3 Å². The molecule has 0 bridgehead atoms. The normalized spacial score (nSPS) is 13.6. The molecule has 0 spiro atoms. The summed E-state index contributed by atoms with van der Waals surface area (Å²) in [5.74, 6) is 0.126. The van der Waals surface area contributed by atoms with Crippen LogP contribution in [0.3, 0.4) is 0 Å². The summed E-state index contributed by atoms with van der Waals surface area (Å²) in [6, 6.07) is 9.40. The Labute approximate surface area is 163 Å². The van der Waals surface area contributed by atoms with Crippen LogP contribution in [0.15, 0.2) is 29.6 Å². The molecule has 1 aromatic heterocycles. The number of benzene rings is 1. The lowest BCUT2D eigenvalue weighted by molar-refractivity contribution is -0.131. The zero-order valence-electron chi connectivity index (χ0n) is 15.4. The molecule has 0 saturated carbocycles. The highest BCUT2D eigenvalue weighted by molar-refractivity contribution is 7.14. The maximum atomic E-state index is 12.8. The van der Waals surface area contributed by atoms with Crippen LogP contribution in [0.1, 0.15) is 43.0 Å². The zero-order valence-corrected chi connectivity index (χ0v) is 16.2. The number of carbonyl (C=O) groups is 2. The Kier molecular flexibility index (Phi) is 6.20. The van der Waals surface area contributed by atoms with Crippen molar-refractivity contribution in [3.63, 3.8) is 0 Å². The van der Waals surface area contributed by atoms with Gasteiger partial charge >= 0.3 is 0 Å². The Balaban J connectivity index is 1.65. The highest BCUT2D eigenvalue weighted by atomic mass is 32.1. The molecular weight excluding hydrogens is 360 g/mol. The fraction of sp³-hybridized carbons (Fsp3) is 0.400. The summed E-state index contributed by atoms with van der Waals surface area (Å²) in [6.07, 6.45) is 2.53. The summed E-state index contributed by atoms with van der Waals surface area (Å²) in [4.78, 5) is 32.7. The number of hydrogen-bond acceptors (Lipinski definition) is 5. The van der Waals surface area contributed by atoms with Crippen LogP contribution in [0.25, 0.3) is 0 Å². The largest absolute Gasteiger partial charge is 0.338 e. The van der Waals surface area contributed by atoms with Crippen molar-refractivity contribution in [1.82, 2.24) is 9.88 Å². The van der Waals surface area contributed by atoms with Gasteiger partial charge in [-0.1, -0.05) is 19.1 Å². The van der Waals surface area contributed by atoms with Gasteiger partial charge in [0.05, 0.1) is 23.7 Å². The summed E-state index contributed by atoms with van der Waals surface area (Å²) in [5.41, 5.74) is 2.32. The number of rotatable bonds is 7. The summed E-state index contributed by atoms with van der Waals surface area (Å²) in [7, 11) is 0. The van der Waals surface area contributed by atoms with Crippen molar-refractivity contribution in [2.24, 2.45) is 0 Å². The maximum absolute atomic E-state index is 12.8. The molecule has 0 atom stereocenters. The Morgan fingerprint density at radius 3 is 2.78 bits per heavy atom. The van der Waals surface area contributed by atoms with Crippen LogP contribution in [-0.4, -0.2) is 34.8 Å². The smallest absolute Gasteiger partial charge is 0.228 e. The summed E-state index contributed by atoms with van der Waals surface area (Å²) < 4.78 is 0. The summed E-state index contributed by atoms with van der Waals surface area (Å²) in [6.45, 7) is 3.93. The Morgan fingerprint density at radius 2 is 2.15 bits per heavy atom. The predicted octanol–water partition coefficient (Wildman–Crippen LogP) is 3.12. The number of nitriles is 1. The van der Waals surface area contributed by atoms with Crippen molar-refractivity contribution in [2.45, 2.75) is 39.2 Å². The highest BCUT2D eigenvalue weighted by Gasteiger charge is 2.25. The van der Waals surface area contributed by atoms with Crippen molar-refractivity contribution in [2.75, 3.05) is 18.0 Å². The van der Waals surface area contributed by atoms with Gasteiger partial charge in [-0.25, -0.2) is 4.98 Å². The second-order valence-electron chi connectivity index (χ2n) is 6.57. The minimum Gasteiger partial charge on any atom is -0.338 e. The van der Waals surface area contributed by atoms with Gasteiger partial charge in [0, 0.05) is 31.4 Å². The van der Waals surface area contributed by atoms with E-state index in [2.05, 4.69) is 11.1 Å². The van der Waals surface area contributed by atoms with E-state index in [1.54, 1.807) is 17.0 Å². The van der Waals surface area contributed by atoms with E-state index in [9.17, 15) is 9.59 Å². The van der Waals surface area contributed by atoms with E-state index >= 15 is 0 Å². The number of aromatic nitrogens is 1. The number of carbonyl (C=O) groups excluding carboxylic acids is 2. The van der Waals surface area contributed by atoms with Gasteiger partial charge in [0.1, 0.15) is 0 Å². The zero-order chi connectivity index (χ0) is 19.2. The maximum Gasteiger partial charge on any atom is 0.228 e. The van der Waals surface area contributed by atoms with Crippen LogP contribution in [-0.2, 0) is 22.6 Å². The van der Waals surface area contributed by atoms with E-state index < -0.39 is 0 Å². The molecule has 1 fully saturated rings. The minimum absolute atomic E-state index is 0.0193. The second kappa shape index (κ2) is 8.78. The molecule has 1 aliphatic rings. The lowest BCUT2D eigenvalue weighted by atomic mass is 10.1. The SMILES string of the molecule is CCCN(Cc1ccc(C#N)cc1)C(=O)Cc1csc(N2CCCC2=O)n1. The molecule has 1 aliphatic heterocycles. The van der Waals surface area contributed by atoms with Crippen molar-refractivity contribution in [3.05, 3.63) is 46.5 Å². The van der Waals surface area contributed by atoms with Crippen LogP contribution in [0.4, 0.5) is 5.13 Å². The minimum atomic E-state index is 0.0193. The van der Waals surface area contributed by atoms with Gasteiger partial charge in [0.25, 0.3) is 0 Å². The fourth-order valence-corrected chi connectivity index (χ4v) is 3.95. The van der Waals surface area contributed by atoms with Gasteiger partial charge in [-0.15, -0.1) is 11.3 Å². The number of anilines is 1. The lowest BCUT2D eigenvalue weighted by Gasteiger charge is -2.22. The van der Waals surface area contributed by atoms with Crippen LogP contribution in [0, 0.1) is 11.3 Å². The molecule has 1 saturated heterocycles. The van der Waals surface area contributed by atoms with Gasteiger partial charge in [0.15, 0.2) is 5.13 Å². The van der Waals surface area contributed by atoms with Gasteiger partial charge in [-0.05, 0) is 30.5 Å². The van der Waals surface area contributed by atoms with Gasteiger partial charge in [0.2, 0.25) is 11.8 Å². The van der Waals surface area contributed by atoms with E-state index in [0.29, 0.717) is 42.4 Å². The molecular formula is C20H22N4O2S. The van der Waals surface area contributed by atoms with Crippen LogP contribution in [0.5, 0.6) is 0 Å². The Hall–Kier alpha value is -2.72. The third-order valence-electron chi connectivity index (χ3n) is 4.48. The average Bonchev–Trinajstić information content (AvgIpc) is 3.30. The summed E-state index contributed by atoms with van der Waals surface area (Å²) >= 11 is 1.42. The molecule has 0 radical (unpaired) electrons. The van der Waals surface area contributed by atoms with E-state index in [0.717, 1.165) is 18.4 Å². The third kappa shape index (κ3) is 4.72. The first-order valence-electron chi connectivity index (χ1n) is 9.12. The molecule has 0 N–H and O–H groups in total. The van der Waals surface area contributed by atoms with Crippen molar-refractivity contribution >= 4 is 28.3 Å². The van der Waals surface area contributed by atoms with E-state index in [-0.39, 0.29) is 18.2 Å². The van der Waals surface area contributed by atoms with Crippen LogP contribution in [0.2, 0.25) is 0 Å². The first kappa shape index (κ1) is 19.1. The molecule has 140 valence electrons. The number of hydrogen-bond donors (Lipinski definition) is 0. The fourth-order valence-electron chi connectivity index (χ4n) is 3.09. The van der Waals surface area contributed by atoms with Gasteiger partial charge in [-0.3, -0.25) is 14.5 Å². The molecule has 6 nitrogen and oxygen atoms in total. The Morgan fingerprint density at radius 1 is 1.37 bits per heavy atom. The average molecular weight is 382 g/mol. The first-order chi connectivity index (χ1) is 13.1. The van der Waals surface area contributed by atoms with Crippen LogP contribution < -0.4 is 4.90 Å². The van der Waals surface area contributed by atoms with Crippen LogP contribution >= 0.6 is 11.3 Å². The third-order valence-corrected chi connectivity index (χ3v) is 5.39. The number of thiazole rings is 1. The highest BCUT2D eigenvalue weighted by Crippen LogP contribution is 2.25. The molecule has 27 heavy (non-hydrogen) atoms. The molecule has 2 amide bonds. The molecule has 0 aliphatic carbocycles. The predicted molar refractivity (Wildman–Crippen MR) is 104 cm³/mol. The lowest BCUT2D eigenvalue weighted by Crippen LogP contribution is -2.32. The van der Waals surface area contributed by atoms with Crippen molar-refractivity contribution in [1.29, 1.82) is 5.26 Å². The molecule has 1 aromatic carbocycles. The van der Waals surface area contributed by atoms with E-state index in [4.69, 9.17) is 5.26 Å². The van der Waals surface area contributed by atoms with Crippen molar-refractivity contribution < 1.29 is 9.59 Å². The van der Waals surface area contributed by atoms with Gasteiger partial charge < -0.3 is 4.90 Å². The second-order valence-corrected chi connectivity index (χ2v) is 7.41. The van der Waals surface area contributed by atoms with E-state index in [1.807, 2.05) is 29.3 Å². The molecule has 3 rings (SSSR count). The standard InChI is InChI=1S/C20H22N4O2S/c1-2-9-23(13-16-7-5-15(12-21)6-8-16)19(26)11-17-14-27-20(22-17)24-10-3-4-18(24)25/h5-8,14H,2-4,9-11,13H2,1H3. The molecule has 7 heteroatoms. The number of nitrogens with zero attached hydrogens (tertiary/aromatic N) is 4. The van der Waals surface area contributed by atoms with E-state index in [1.165, 1.54) is 11.3 Å². The molecule has 2 heterocycles. The quantitative estimate of drug-likeness (QED) is 0.737. The van der Waals surface area contributed by atoms with Crippen molar-refractivity contribution in [3.8, 4) is 6.07 Å². The monoisotopic (exact) mass is 382 g/mol. The van der Waals surface area contributed by atoms with Gasteiger partial charge in [-0.2, -0.15) is 5.26 Å². The number of amides is 2. The first-order valence-corrected chi connectivity index (χ1v) is 10.00. The Bertz CT molecular complexity index is 854. The summed E-state index contributed by atoms with van der Waals surface area (Å²) in [5, 5.41) is 11.5. The molecule has 0 unspecified atom stereocenters. The molecule has 2 aromatic rings.